The predicted molar refractivity (Wildman–Crippen MR) is 136 cm³/mol. The zero-order chi connectivity index (χ0) is 22.4. The summed E-state index contributed by atoms with van der Waals surface area (Å²) in [5.41, 5.74) is 1.34. The van der Waals surface area contributed by atoms with Crippen molar-refractivity contribution >= 4 is 34.0 Å². The summed E-state index contributed by atoms with van der Waals surface area (Å²) in [6.07, 6.45) is 7.32. The summed E-state index contributed by atoms with van der Waals surface area (Å²) in [6, 6.07) is 15.2. The van der Waals surface area contributed by atoms with Gasteiger partial charge in [-0.15, -0.1) is 0 Å². The molecule has 0 fully saturated rings. The maximum atomic E-state index is 6.48. The van der Waals surface area contributed by atoms with Crippen molar-refractivity contribution in [2.45, 2.75) is 73.1 Å². The highest BCUT2D eigenvalue weighted by Gasteiger charge is 2.25. The Bertz CT molecular complexity index is 758. The lowest BCUT2D eigenvalue weighted by molar-refractivity contribution is 0.256. The van der Waals surface area contributed by atoms with E-state index in [2.05, 4.69) is 59.2 Å². The van der Waals surface area contributed by atoms with Crippen LogP contribution in [0.1, 0.15) is 72.3 Å². The molecular formula is C26H40Cl2N2. The molecule has 1 aliphatic heterocycles. The molecule has 0 aliphatic carbocycles. The summed E-state index contributed by atoms with van der Waals surface area (Å²) in [6.45, 7) is 12.9. The lowest BCUT2D eigenvalue weighted by Crippen LogP contribution is -2.29. The van der Waals surface area contributed by atoms with Crippen LogP contribution in [0.2, 0.25) is 0 Å². The Hall–Kier alpha value is -1.38. The van der Waals surface area contributed by atoms with Gasteiger partial charge in [-0.05, 0) is 29.2 Å². The molecule has 30 heavy (non-hydrogen) atoms. The third-order valence-corrected chi connectivity index (χ3v) is 6.02. The average molecular weight is 452 g/mol. The second kappa shape index (κ2) is 15.4. The van der Waals surface area contributed by atoms with Crippen LogP contribution in [0.25, 0.3) is 10.8 Å². The van der Waals surface area contributed by atoms with Gasteiger partial charge in [0.05, 0.1) is 6.67 Å². The molecule has 0 radical (unpaired) electrons. The molecule has 1 aliphatic rings. The van der Waals surface area contributed by atoms with E-state index in [1.165, 1.54) is 48.4 Å². The van der Waals surface area contributed by atoms with E-state index in [0.29, 0.717) is 10.3 Å². The molecule has 0 atom stereocenters. The van der Waals surface area contributed by atoms with Crippen LogP contribution < -0.4 is 0 Å². The van der Waals surface area contributed by atoms with Crippen LogP contribution in [0.3, 0.4) is 0 Å². The smallest absolute Gasteiger partial charge is 0.141 e. The van der Waals surface area contributed by atoms with E-state index in [1.807, 2.05) is 27.7 Å². The first-order valence-corrected chi connectivity index (χ1v) is 12.5. The van der Waals surface area contributed by atoms with Crippen molar-refractivity contribution < 1.29 is 0 Å². The quantitative estimate of drug-likeness (QED) is 0.278. The molecule has 3 rings (SSSR count). The Morgan fingerprint density at radius 1 is 0.733 bits per heavy atom. The number of hydrogen-bond donors (Lipinski definition) is 0. The lowest BCUT2D eigenvalue weighted by Gasteiger charge is -2.22. The molecule has 0 bridgehead atoms. The average Bonchev–Trinajstić information content (AvgIpc) is 3.08. The minimum atomic E-state index is 0.695. The number of rotatable bonds is 9. The highest BCUT2D eigenvalue weighted by molar-refractivity contribution is 6.38. The first-order valence-electron chi connectivity index (χ1n) is 11.7. The van der Waals surface area contributed by atoms with Gasteiger partial charge in [0.1, 0.15) is 10.3 Å². The van der Waals surface area contributed by atoms with Crippen molar-refractivity contribution in [2.75, 3.05) is 19.8 Å². The van der Waals surface area contributed by atoms with Crippen molar-refractivity contribution in [1.29, 1.82) is 0 Å². The van der Waals surface area contributed by atoms with Crippen LogP contribution >= 0.6 is 23.2 Å². The Balaban J connectivity index is 0.00000106. The van der Waals surface area contributed by atoms with Crippen molar-refractivity contribution in [1.82, 2.24) is 9.80 Å². The third kappa shape index (κ3) is 8.04. The highest BCUT2D eigenvalue weighted by Crippen LogP contribution is 2.30. The summed E-state index contributed by atoms with van der Waals surface area (Å²) < 4.78 is 0. The van der Waals surface area contributed by atoms with Crippen molar-refractivity contribution in [3.05, 3.63) is 58.3 Å². The fraction of sp³-hybridized carbons (Fsp3) is 0.538. The molecule has 4 heteroatoms. The van der Waals surface area contributed by atoms with Gasteiger partial charge in [-0.2, -0.15) is 0 Å². The predicted octanol–water partition coefficient (Wildman–Crippen LogP) is 8.58. The van der Waals surface area contributed by atoms with Crippen LogP contribution in [-0.4, -0.2) is 29.6 Å². The highest BCUT2D eigenvalue weighted by atomic mass is 35.5. The Morgan fingerprint density at radius 3 is 2.00 bits per heavy atom. The topological polar surface area (TPSA) is 6.48 Å². The number of unbranched alkanes of at least 4 members (excludes halogenated alkanes) is 4. The minimum Gasteiger partial charge on any atom is -0.342 e. The lowest BCUT2D eigenvalue weighted by atomic mass is 10.1. The van der Waals surface area contributed by atoms with Gasteiger partial charge < -0.3 is 9.80 Å². The van der Waals surface area contributed by atoms with E-state index in [0.717, 1.165) is 26.2 Å². The molecule has 2 aromatic carbocycles. The molecule has 2 aromatic rings. The number of halogens is 2. The summed E-state index contributed by atoms with van der Waals surface area (Å²) in [5.74, 6) is 0. The van der Waals surface area contributed by atoms with E-state index in [1.54, 1.807) is 0 Å². The fourth-order valence-corrected chi connectivity index (χ4v) is 4.01. The van der Waals surface area contributed by atoms with Gasteiger partial charge in [-0.25, -0.2) is 0 Å². The van der Waals surface area contributed by atoms with Gasteiger partial charge >= 0.3 is 0 Å². The second-order valence-electron chi connectivity index (χ2n) is 7.10. The third-order valence-electron chi connectivity index (χ3n) is 5.08. The Labute approximate surface area is 194 Å². The van der Waals surface area contributed by atoms with E-state index >= 15 is 0 Å². The molecule has 0 saturated carbocycles. The molecular weight excluding hydrogens is 411 g/mol. The van der Waals surface area contributed by atoms with Gasteiger partial charge in [-0.3, -0.25) is 0 Å². The molecule has 0 spiro atoms. The van der Waals surface area contributed by atoms with Crippen LogP contribution in [0.5, 0.6) is 0 Å². The van der Waals surface area contributed by atoms with Gasteiger partial charge in [0.2, 0.25) is 0 Å². The summed E-state index contributed by atoms with van der Waals surface area (Å²) >= 11 is 12.9. The van der Waals surface area contributed by atoms with Crippen molar-refractivity contribution in [3.8, 4) is 0 Å². The van der Waals surface area contributed by atoms with Crippen LogP contribution in [0.4, 0.5) is 0 Å². The van der Waals surface area contributed by atoms with Crippen LogP contribution in [-0.2, 0) is 6.42 Å². The van der Waals surface area contributed by atoms with E-state index in [-0.39, 0.29) is 0 Å². The Morgan fingerprint density at radius 2 is 1.33 bits per heavy atom. The zero-order valence-corrected chi connectivity index (χ0v) is 21.1. The summed E-state index contributed by atoms with van der Waals surface area (Å²) in [7, 11) is 0. The van der Waals surface area contributed by atoms with E-state index in [4.69, 9.17) is 23.2 Å². The number of fused-ring (bicyclic) bond motifs is 1. The van der Waals surface area contributed by atoms with Crippen LogP contribution in [0.15, 0.2) is 52.8 Å². The summed E-state index contributed by atoms with van der Waals surface area (Å²) in [5, 5.41) is 3.98. The van der Waals surface area contributed by atoms with Gasteiger partial charge in [0, 0.05) is 13.1 Å². The number of nitrogens with zero attached hydrogens (tertiary/aromatic N) is 2. The summed E-state index contributed by atoms with van der Waals surface area (Å²) in [4.78, 5) is 4.39. The molecule has 0 amide bonds. The SMILES string of the molecule is CC.CC.CCCCCCCN1CN(CCc2ccc3ccccc3c2)C(Cl)=C1Cl. The monoisotopic (exact) mass is 450 g/mol. The van der Waals surface area contributed by atoms with Gasteiger partial charge in [0.25, 0.3) is 0 Å². The largest absolute Gasteiger partial charge is 0.342 e. The van der Waals surface area contributed by atoms with E-state index < -0.39 is 0 Å². The fourth-order valence-electron chi connectivity index (χ4n) is 3.49. The molecule has 168 valence electrons. The molecule has 1 heterocycles. The maximum absolute atomic E-state index is 6.48. The minimum absolute atomic E-state index is 0.695. The number of benzene rings is 2. The van der Waals surface area contributed by atoms with Crippen molar-refractivity contribution in [2.24, 2.45) is 0 Å². The standard InChI is InChI=1S/C22H28Cl2N2.2C2H6/c1-2-3-4-5-8-14-25-17-26(22(24)21(25)23)15-13-18-11-12-19-9-6-7-10-20(19)16-18;2*1-2/h6-7,9-12,16H,2-5,8,13-15,17H2,1H3;2*1-2H3. The Kier molecular flexibility index (Phi) is 13.7. The molecule has 0 aromatic heterocycles. The van der Waals surface area contributed by atoms with Crippen LogP contribution in [0, 0.1) is 0 Å². The van der Waals surface area contributed by atoms with Crippen molar-refractivity contribution in [3.63, 3.8) is 0 Å². The molecule has 2 nitrogen and oxygen atoms in total. The zero-order valence-electron chi connectivity index (χ0n) is 19.6. The number of hydrogen-bond acceptors (Lipinski definition) is 2. The maximum Gasteiger partial charge on any atom is 0.141 e. The second-order valence-corrected chi connectivity index (χ2v) is 7.81. The molecule has 0 N–H and O–H groups in total. The van der Waals surface area contributed by atoms with E-state index in [9.17, 15) is 0 Å². The molecule has 0 unspecified atom stereocenters. The normalized spacial score (nSPS) is 13.2. The van der Waals surface area contributed by atoms with Gasteiger partial charge in [-0.1, -0.05) is 126 Å². The first-order chi connectivity index (χ1) is 14.7. The first kappa shape index (κ1) is 26.7. The van der Waals surface area contributed by atoms with Gasteiger partial charge in [0.15, 0.2) is 0 Å². The molecule has 0 saturated heterocycles.